The molecule has 0 spiro atoms. The second kappa shape index (κ2) is 9.12. The molecule has 0 radical (unpaired) electrons. The van der Waals surface area contributed by atoms with Gasteiger partial charge in [0.25, 0.3) is 5.91 Å². The first-order valence-electron chi connectivity index (χ1n) is 10.6. The number of amides is 1. The number of fused-ring (bicyclic) bond motifs is 2. The fourth-order valence-corrected chi connectivity index (χ4v) is 4.04. The van der Waals surface area contributed by atoms with Gasteiger partial charge < -0.3 is 10.1 Å². The van der Waals surface area contributed by atoms with Crippen LogP contribution >= 0.6 is 0 Å². The van der Waals surface area contributed by atoms with Gasteiger partial charge in [-0.25, -0.2) is 0 Å². The van der Waals surface area contributed by atoms with Gasteiger partial charge in [0.15, 0.2) is 6.10 Å². The van der Waals surface area contributed by atoms with Gasteiger partial charge in [0, 0.05) is 5.39 Å². The maximum atomic E-state index is 12.6. The fraction of sp³-hybridized carbons (Fsp3) is 0.333. The van der Waals surface area contributed by atoms with Crippen LogP contribution < -0.4 is 10.7 Å². The van der Waals surface area contributed by atoms with Crippen molar-refractivity contribution < 1.29 is 14.3 Å². The summed E-state index contributed by atoms with van der Waals surface area (Å²) < 4.78 is 6.94. The summed E-state index contributed by atoms with van der Waals surface area (Å²) in [5.41, 5.74) is 2.88. The third-order valence-corrected chi connectivity index (χ3v) is 5.65. The maximum Gasteiger partial charge on any atom is 0.308 e. The summed E-state index contributed by atoms with van der Waals surface area (Å²) in [6.07, 6.45) is 3.29. The Kier molecular flexibility index (Phi) is 6.11. The molecule has 0 aliphatic heterocycles. The number of nitrogens with zero attached hydrogens (tertiary/aromatic N) is 2. The summed E-state index contributed by atoms with van der Waals surface area (Å²) in [4.78, 5) is 36.8. The highest BCUT2D eigenvalue weighted by Gasteiger charge is 2.25. The topological polar surface area (TPSA) is 90.3 Å². The van der Waals surface area contributed by atoms with Crippen LogP contribution in [-0.2, 0) is 27.3 Å². The zero-order valence-corrected chi connectivity index (χ0v) is 17.4. The molecular weight excluding hydrogens is 394 g/mol. The van der Waals surface area contributed by atoms with Crippen molar-refractivity contribution in [2.24, 2.45) is 0 Å². The monoisotopic (exact) mass is 419 g/mol. The lowest BCUT2D eigenvalue weighted by atomic mass is 9.87. The van der Waals surface area contributed by atoms with Crippen molar-refractivity contribution in [3.05, 3.63) is 76.1 Å². The number of nitrogens with one attached hydrogen (secondary N) is 1. The molecule has 3 aromatic rings. The van der Waals surface area contributed by atoms with Gasteiger partial charge in [-0.05, 0) is 49.4 Å². The minimum Gasteiger partial charge on any atom is -0.452 e. The van der Waals surface area contributed by atoms with Gasteiger partial charge in [-0.3, -0.25) is 19.1 Å². The van der Waals surface area contributed by atoms with Gasteiger partial charge in [-0.2, -0.15) is 5.10 Å². The van der Waals surface area contributed by atoms with Crippen LogP contribution in [0.2, 0.25) is 0 Å². The Morgan fingerprint density at radius 1 is 1.19 bits per heavy atom. The molecule has 1 heterocycles. The Morgan fingerprint density at radius 3 is 2.84 bits per heavy atom. The van der Waals surface area contributed by atoms with E-state index in [9.17, 15) is 14.4 Å². The molecule has 2 aromatic carbocycles. The molecule has 1 aromatic heterocycles. The van der Waals surface area contributed by atoms with Crippen LogP contribution in [0.15, 0.2) is 59.5 Å². The number of para-hydroxylation sites is 1. The normalized spacial score (nSPS) is 16.4. The first-order valence-corrected chi connectivity index (χ1v) is 10.6. The standard InChI is InChI=1S/C24H25N3O4/c1-16(24(30)26-20-11-6-8-17-7-2-3-9-18(17)20)31-23(29)13-14-27-21-12-5-4-10-19(21)22(28)15-25-27/h2-5,7,9-10,12,15-16,20H,6,8,11,13-14H2,1H3,(H,26,30). The van der Waals surface area contributed by atoms with Gasteiger partial charge in [-0.1, -0.05) is 36.4 Å². The summed E-state index contributed by atoms with van der Waals surface area (Å²) in [6, 6.07) is 15.2. The second-order valence-electron chi connectivity index (χ2n) is 7.78. The van der Waals surface area contributed by atoms with Crippen LogP contribution in [0.5, 0.6) is 0 Å². The van der Waals surface area contributed by atoms with E-state index in [1.165, 1.54) is 11.8 Å². The lowest BCUT2D eigenvalue weighted by Gasteiger charge is -2.27. The zero-order valence-electron chi connectivity index (χ0n) is 17.4. The van der Waals surface area contributed by atoms with E-state index in [-0.39, 0.29) is 30.3 Å². The molecule has 2 unspecified atom stereocenters. The van der Waals surface area contributed by atoms with E-state index in [4.69, 9.17) is 4.74 Å². The molecule has 0 saturated heterocycles. The third kappa shape index (κ3) is 4.66. The molecule has 7 nitrogen and oxygen atoms in total. The maximum absolute atomic E-state index is 12.6. The van der Waals surface area contributed by atoms with Crippen LogP contribution in [0.4, 0.5) is 0 Å². The molecule has 31 heavy (non-hydrogen) atoms. The Bertz CT molecular complexity index is 1170. The van der Waals surface area contributed by atoms with Gasteiger partial charge >= 0.3 is 5.97 Å². The average molecular weight is 419 g/mol. The Balaban J connectivity index is 1.34. The van der Waals surface area contributed by atoms with E-state index in [2.05, 4.69) is 16.5 Å². The number of esters is 1. The second-order valence-corrected chi connectivity index (χ2v) is 7.78. The predicted octanol–water partition coefficient (Wildman–Crippen LogP) is 2.91. The highest BCUT2D eigenvalue weighted by atomic mass is 16.5. The van der Waals surface area contributed by atoms with Crippen LogP contribution in [0.3, 0.4) is 0 Å². The summed E-state index contributed by atoms with van der Waals surface area (Å²) in [5, 5.41) is 7.67. The number of carbonyl (C=O) groups is 2. The van der Waals surface area contributed by atoms with Crippen molar-refractivity contribution in [3.63, 3.8) is 0 Å². The Hall–Kier alpha value is -3.48. The van der Waals surface area contributed by atoms with Gasteiger partial charge in [0.2, 0.25) is 5.43 Å². The number of hydrogen-bond donors (Lipinski definition) is 1. The molecule has 1 aliphatic rings. The third-order valence-electron chi connectivity index (χ3n) is 5.65. The highest BCUT2D eigenvalue weighted by Crippen LogP contribution is 2.29. The quantitative estimate of drug-likeness (QED) is 0.621. The van der Waals surface area contributed by atoms with Crippen molar-refractivity contribution >= 4 is 22.8 Å². The zero-order chi connectivity index (χ0) is 21.8. The Morgan fingerprint density at radius 2 is 1.97 bits per heavy atom. The van der Waals surface area contributed by atoms with Crippen molar-refractivity contribution in [1.29, 1.82) is 0 Å². The molecule has 0 fully saturated rings. The summed E-state index contributed by atoms with van der Waals surface area (Å²) in [5.74, 6) is -0.793. The highest BCUT2D eigenvalue weighted by molar-refractivity contribution is 5.84. The van der Waals surface area contributed by atoms with E-state index in [0.717, 1.165) is 24.8 Å². The SMILES string of the molecule is CC(OC(=O)CCn1ncc(=O)c2ccccc21)C(=O)NC1CCCc2ccccc21. The van der Waals surface area contributed by atoms with E-state index < -0.39 is 12.1 Å². The number of hydrogen-bond acceptors (Lipinski definition) is 5. The number of rotatable bonds is 6. The molecule has 7 heteroatoms. The summed E-state index contributed by atoms with van der Waals surface area (Å²) in [7, 11) is 0. The molecule has 0 saturated carbocycles. The van der Waals surface area contributed by atoms with Crippen LogP contribution in [-0.4, -0.2) is 27.8 Å². The van der Waals surface area contributed by atoms with E-state index in [1.807, 2.05) is 24.3 Å². The molecule has 1 amide bonds. The van der Waals surface area contributed by atoms with Crippen LogP contribution in [0.1, 0.15) is 43.4 Å². The van der Waals surface area contributed by atoms with E-state index >= 15 is 0 Å². The Labute approximate surface area is 180 Å². The minimum atomic E-state index is -0.889. The smallest absolute Gasteiger partial charge is 0.308 e. The molecule has 2 atom stereocenters. The predicted molar refractivity (Wildman–Crippen MR) is 116 cm³/mol. The fourth-order valence-electron chi connectivity index (χ4n) is 4.04. The number of benzene rings is 2. The van der Waals surface area contributed by atoms with Crippen molar-refractivity contribution in [1.82, 2.24) is 15.1 Å². The van der Waals surface area contributed by atoms with Crippen LogP contribution in [0.25, 0.3) is 10.9 Å². The van der Waals surface area contributed by atoms with E-state index in [1.54, 1.807) is 29.8 Å². The average Bonchev–Trinajstić information content (AvgIpc) is 2.79. The van der Waals surface area contributed by atoms with Gasteiger partial charge in [-0.15, -0.1) is 0 Å². The van der Waals surface area contributed by atoms with Crippen molar-refractivity contribution in [2.75, 3.05) is 0 Å². The molecule has 4 rings (SSSR count). The number of ether oxygens (including phenoxy) is 1. The van der Waals surface area contributed by atoms with Gasteiger partial charge in [0.05, 0.1) is 30.7 Å². The molecule has 160 valence electrons. The number of aromatic nitrogens is 2. The molecule has 1 aliphatic carbocycles. The lowest BCUT2D eigenvalue weighted by Crippen LogP contribution is -2.39. The lowest BCUT2D eigenvalue weighted by molar-refractivity contribution is -0.155. The molecular formula is C24H25N3O4. The number of aryl methyl sites for hydroxylation is 2. The van der Waals surface area contributed by atoms with Crippen LogP contribution in [0, 0.1) is 0 Å². The van der Waals surface area contributed by atoms with Crippen molar-refractivity contribution in [2.45, 2.75) is 51.3 Å². The number of carbonyl (C=O) groups excluding carboxylic acids is 2. The molecule has 1 N–H and O–H groups in total. The minimum absolute atomic E-state index is 0.0454. The van der Waals surface area contributed by atoms with E-state index in [0.29, 0.717) is 10.9 Å². The largest absolute Gasteiger partial charge is 0.452 e. The summed E-state index contributed by atoms with van der Waals surface area (Å²) in [6.45, 7) is 1.83. The van der Waals surface area contributed by atoms with Gasteiger partial charge in [0.1, 0.15) is 0 Å². The first kappa shape index (κ1) is 20.8. The summed E-state index contributed by atoms with van der Waals surface area (Å²) >= 11 is 0. The van der Waals surface area contributed by atoms with Crippen molar-refractivity contribution in [3.8, 4) is 0 Å². The first-order chi connectivity index (χ1) is 15.0. The molecule has 0 bridgehead atoms.